The molecule has 1 aromatic heterocycles. The second-order valence-corrected chi connectivity index (χ2v) is 7.94. The molecule has 1 rings (SSSR count). The van der Waals surface area contributed by atoms with Gasteiger partial charge in [-0.2, -0.15) is 0 Å². The first-order chi connectivity index (χ1) is 9.46. The molecule has 0 amide bonds. The lowest BCUT2D eigenvalue weighted by Gasteiger charge is -2.35. The van der Waals surface area contributed by atoms with Gasteiger partial charge in [0.1, 0.15) is 17.3 Å². The molecule has 0 aliphatic heterocycles. The Balaban J connectivity index is 3.18. The molecule has 1 N–H and O–H groups in total. The quantitative estimate of drug-likeness (QED) is 0.872. The van der Waals surface area contributed by atoms with E-state index in [2.05, 4.69) is 4.98 Å². The van der Waals surface area contributed by atoms with E-state index in [-0.39, 0.29) is 11.4 Å². The molecular formula is C13H21N3O4S. The standard InChI is InChI=1S/C13H21N3O4S/c1-13(2,3)16(9-12(17)18)11-7-6-10(8-14-11)21(19,20)15(4)5/h6-8H,9H2,1-5H3,(H,17,18). The summed E-state index contributed by atoms with van der Waals surface area (Å²) in [5.74, 6) is -0.556. The summed E-state index contributed by atoms with van der Waals surface area (Å²) < 4.78 is 25.0. The molecule has 8 heteroatoms. The van der Waals surface area contributed by atoms with Crippen LogP contribution in [0.4, 0.5) is 5.82 Å². The second-order valence-electron chi connectivity index (χ2n) is 5.79. The fourth-order valence-corrected chi connectivity index (χ4v) is 2.54. The lowest BCUT2D eigenvalue weighted by Crippen LogP contribution is -2.45. The topological polar surface area (TPSA) is 90.8 Å². The highest BCUT2D eigenvalue weighted by molar-refractivity contribution is 7.89. The number of carboxylic acids is 1. The number of hydrogen-bond donors (Lipinski definition) is 1. The number of aliphatic carboxylic acids is 1. The zero-order valence-electron chi connectivity index (χ0n) is 12.9. The number of carbonyl (C=O) groups is 1. The van der Waals surface area contributed by atoms with Crippen LogP contribution in [0.1, 0.15) is 20.8 Å². The minimum absolute atomic E-state index is 0.0698. The van der Waals surface area contributed by atoms with Gasteiger partial charge in [-0.3, -0.25) is 4.79 Å². The Morgan fingerprint density at radius 2 is 1.86 bits per heavy atom. The Kier molecular flexibility index (Phi) is 4.95. The van der Waals surface area contributed by atoms with Crippen molar-refractivity contribution in [3.63, 3.8) is 0 Å². The Bertz CT molecular complexity index is 603. The van der Waals surface area contributed by atoms with Crippen molar-refractivity contribution in [2.45, 2.75) is 31.2 Å². The van der Waals surface area contributed by atoms with Crippen molar-refractivity contribution >= 4 is 21.8 Å². The number of sulfonamides is 1. The molecule has 0 aliphatic rings. The minimum Gasteiger partial charge on any atom is -0.480 e. The van der Waals surface area contributed by atoms with E-state index in [4.69, 9.17) is 5.11 Å². The molecule has 1 heterocycles. The molecule has 0 saturated carbocycles. The highest BCUT2D eigenvalue weighted by atomic mass is 32.2. The van der Waals surface area contributed by atoms with Crippen molar-refractivity contribution in [3.8, 4) is 0 Å². The van der Waals surface area contributed by atoms with Gasteiger partial charge in [-0.25, -0.2) is 17.7 Å². The highest BCUT2D eigenvalue weighted by Gasteiger charge is 2.26. The summed E-state index contributed by atoms with van der Waals surface area (Å²) in [5.41, 5.74) is -0.451. The molecular weight excluding hydrogens is 294 g/mol. The Hall–Kier alpha value is -1.67. The molecule has 0 bridgehead atoms. The zero-order valence-corrected chi connectivity index (χ0v) is 13.7. The van der Waals surface area contributed by atoms with Crippen LogP contribution in [0.5, 0.6) is 0 Å². The largest absolute Gasteiger partial charge is 0.480 e. The Labute approximate surface area is 125 Å². The average Bonchev–Trinajstić information content (AvgIpc) is 2.34. The molecule has 1 aromatic rings. The number of pyridine rings is 1. The first kappa shape index (κ1) is 17.4. The predicted molar refractivity (Wildman–Crippen MR) is 79.8 cm³/mol. The fraction of sp³-hybridized carbons (Fsp3) is 0.538. The number of hydrogen-bond acceptors (Lipinski definition) is 5. The summed E-state index contributed by atoms with van der Waals surface area (Å²) in [6.07, 6.45) is 1.24. The third-order valence-corrected chi connectivity index (χ3v) is 4.68. The van der Waals surface area contributed by atoms with Crippen molar-refractivity contribution in [2.75, 3.05) is 25.5 Å². The predicted octanol–water partition coefficient (Wildman–Crippen LogP) is 1.02. The molecule has 0 saturated heterocycles. The van der Waals surface area contributed by atoms with Crippen LogP contribution < -0.4 is 4.90 Å². The van der Waals surface area contributed by atoms with Crippen molar-refractivity contribution in [1.82, 2.24) is 9.29 Å². The summed E-state index contributed by atoms with van der Waals surface area (Å²) in [4.78, 5) is 16.7. The maximum Gasteiger partial charge on any atom is 0.323 e. The highest BCUT2D eigenvalue weighted by Crippen LogP contribution is 2.23. The lowest BCUT2D eigenvalue weighted by atomic mass is 10.1. The minimum atomic E-state index is -3.54. The van der Waals surface area contributed by atoms with E-state index in [0.29, 0.717) is 5.82 Å². The first-order valence-electron chi connectivity index (χ1n) is 6.34. The van der Waals surface area contributed by atoms with Crippen LogP contribution >= 0.6 is 0 Å². The van der Waals surface area contributed by atoms with Crippen molar-refractivity contribution in [1.29, 1.82) is 0 Å². The molecule has 118 valence electrons. The normalized spacial score (nSPS) is 12.5. The van der Waals surface area contributed by atoms with Crippen LogP contribution in [0.3, 0.4) is 0 Å². The Morgan fingerprint density at radius 1 is 1.29 bits per heavy atom. The van der Waals surface area contributed by atoms with Gasteiger partial charge >= 0.3 is 5.97 Å². The van der Waals surface area contributed by atoms with Crippen LogP contribution in [0.15, 0.2) is 23.2 Å². The molecule has 0 radical (unpaired) electrons. The summed E-state index contributed by atoms with van der Waals surface area (Å²) in [7, 11) is -0.663. The van der Waals surface area contributed by atoms with Crippen LogP contribution in [0.25, 0.3) is 0 Å². The van der Waals surface area contributed by atoms with Crippen LogP contribution in [-0.2, 0) is 14.8 Å². The van der Waals surface area contributed by atoms with Gasteiger partial charge in [0.2, 0.25) is 10.0 Å². The molecule has 0 aliphatic carbocycles. The zero-order chi connectivity index (χ0) is 16.4. The SMILES string of the molecule is CN(C)S(=O)(=O)c1ccc(N(CC(=O)O)C(C)(C)C)nc1. The van der Waals surface area contributed by atoms with Crippen molar-refractivity contribution in [2.24, 2.45) is 0 Å². The Morgan fingerprint density at radius 3 is 2.19 bits per heavy atom. The van der Waals surface area contributed by atoms with Gasteiger partial charge in [0.25, 0.3) is 0 Å². The van der Waals surface area contributed by atoms with Crippen molar-refractivity contribution in [3.05, 3.63) is 18.3 Å². The average molecular weight is 315 g/mol. The number of anilines is 1. The lowest BCUT2D eigenvalue weighted by molar-refractivity contribution is -0.135. The molecule has 0 spiro atoms. The maximum absolute atomic E-state index is 12.0. The second kappa shape index (κ2) is 5.98. The van der Waals surface area contributed by atoms with Gasteiger partial charge < -0.3 is 10.0 Å². The number of rotatable bonds is 5. The summed E-state index contributed by atoms with van der Waals surface area (Å²) >= 11 is 0. The maximum atomic E-state index is 12.0. The fourth-order valence-electron chi connectivity index (χ4n) is 1.69. The summed E-state index contributed by atoms with van der Waals surface area (Å²) in [5, 5.41) is 8.99. The van der Waals surface area contributed by atoms with Crippen LogP contribution in [0.2, 0.25) is 0 Å². The number of nitrogens with zero attached hydrogens (tertiary/aromatic N) is 3. The van der Waals surface area contributed by atoms with Crippen LogP contribution in [-0.4, -0.2) is 55.0 Å². The van der Waals surface area contributed by atoms with Gasteiger partial charge in [-0.15, -0.1) is 0 Å². The van der Waals surface area contributed by atoms with Crippen LogP contribution in [0, 0.1) is 0 Å². The molecule has 7 nitrogen and oxygen atoms in total. The number of aromatic nitrogens is 1. The van der Waals surface area contributed by atoms with E-state index in [1.807, 2.05) is 20.8 Å². The van der Waals surface area contributed by atoms with Crippen molar-refractivity contribution < 1.29 is 18.3 Å². The summed E-state index contributed by atoms with van der Waals surface area (Å²) in [6, 6.07) is 2.95. The van der Waals surface area contributed by atoms with E-state index in [0.717, 1.165) is 4.31 Å². The number of carboxylic acid groups (broad SMARTS) is 1. The van der Waals surface area contributed by atoms with Gasteiger partial charge in [0.05, 0.1) is 0 Å². The summed E-state index contributed by atoms with van der Waals surface area (Å²) in [6.45, 7) is 5.38. The van der Waals surface area contributed by atoms with E-state index in [1.54, 1.807) is 4.90 Å². The third kappa shape index (κ3) is 4.15. The van der Waals surface area contributed by atoms with Gasteiger partial charge in [0, 0.05) is 25.8 Å². The van der Waals surface area contributed by atoms with Gasteiger partial charge in [-0.05, 0) is 32.9 Å². The molecule has 0 unspecified atom stereocenters. The molecule has 0 atom stereocenters. The van der Waals surface area contributed by atoms with E-state index >= 15 is 0 Å². The molecule has 0 aromatic carbocycles. The molecule has 21 heavy (non-hydrogen) atoms. The van der Waals surface area contributed by atoms with E-state index in [9.17, 15) is 13.2 Å². The molecule has 0 fully saturated rings. The van der Waals surface area contributed by atoms with E-state index in [1.165, 1.54) is 32.4 Å². The smallest absolute Gasteiger partial charge is 0.323 e. The van der Waals surface area contributed by atoms with Gasteiger partial charge in [0.15, 0.2) is 0 Å². The van der Waals surface area contributed by atoms with E-state index < -0.39 is 21.5 Å². The van der Waals surface area contributed by atoms with Gasteiger partial charge in [-0.1, -0.05) is 0 Å². The first-order valence-corrected chi connectivity index (χ1v) is 7.78. The monoisotopic (exact) mass is 315 g/mol. The third-order valence-electron chi connectivity index (χ3n) is 2.88.